The van der Waals surface area contributed by atoms with Crippen molar-refractivity contribution in [2.75, 3.05) is 0 Å². The largest absolute Gasteiger partial charge is 0.393 e. The minimum absolute atomic E-state index is 0.0170. The van der Waals surface area contributed by atoms with Crippen LogP contribution in [0.15, 0.2) is 23.3 Å². The molecule has 7 atom stereocenters. The van der Waals surface area contributed by atoms with Gasteiger partial charge in [0.15, 0.2) is 0 Å². The summed E-state index contributed by atoms with van der Waals surface area (Å²) in [6.45, 7) is 4.44. The van der Waals surface area contributed by atoms with Gasteiger partial charge >= 0.3 is 0 Å². The molecule has 3 N–H and O–H groups in total. The summed E-state index contributed by atoms with van der Waals surface area (Å²) >= 11 is 0. The smallest absolute Gasteiger partial charge is 0.0661 e. The molecule has 3 fully saturated rings. The molecule has 4 unspecified atom stereocenters. The van der Waals surface area contributed by atoms with Gasteiger partial charge in [0.2, 0.25) is 0 Å². The van der Waals surface area contributed by atoms with Crippen LogP contribution in [0.5, 0.6) is 0 Å². The lowest BCUT2D eigenvalue weighted by Gasteiger charge is -2.55. The maximum atomic E-state index is 10.8. The van der Waals surface area contributed by atoms with Gasteiger partial charge in [-0.1, -0.05) is 37.1 Å². The number of hydrogen-bond donors (Lipinski definition) is 3. The van der Waals surface area contributed by atoms with Gasteiger partial charge in [0.05, 0.1) is 18.3 Å². The molecule has 0 radical (unpaired) electrons. The molecule has 3 nitrogen and oxygen atoms in total. The molecular formula is C19H28O3. The Labute approximate surface area is 132 Å². The van der Waals surface area contributed by atoms with Crippen LogP contribution in [0.4, 0.5) is 0 Å². The Morgan fingerprint density at radius 2 is 1.73 bits per heavy atom. The standard InChI is InChI=1S/C19H28O3/c1-18-8-7-15-13(14(18)5-6-16(18)21)4-3-11-9-12(20)10-17(22)19(11,15)2/h3-4,12,14-17,20-22H,5-10H2,1-2H3/t12-,14?,15?,16+,17+,18?,19?/m1/s1. The molecule has 3 saturated carbocycles. The second kappa shape index (κ2) is 4.68. The first-order valence-electron chi connectivity index (χ1n) is 8.82. The van der Waals surface area contributed by atoms with Crippen LogP contribution in [0.1, 0.15) is 52.4 Å². The number of rotatable bonds is 0. The molecule has 22 heavy (non-hydrogen) atoms. The van der Waals surface area contributed by atoms with E-state index in [2.05, 4.69) is 26.0 Å². The van der Waals surface area contributed by atoms with Crippen molar-refractivity contribution in [3.63, 3.8) is 0 Å². The SMILES string of the molecule is CC12CCC3C(=CC=C4C[C@@H](O)C[C@H](O)C43C)C1CC[C@@H]2O. The van der Waals surface area contributed by atoms with E-state index >= 15 is 0 Å². The molecule has 4 aliphatic carbocycles. The fourth-order valence-electron chi connectivity index (χ4n) is 6.02. The number of fused-ring (bicyclic) bond motifs is 5. The normalized spacial score (nSPS) is 54.0. The molecule has 0 aromatic heterocycles. The molecule has 4 aliphatic rings. The highest BCUT2D eigenvalue weighted by molar-refractivity contribution is 5.40. The Morgan fingerprint density at radius 3 is 2.50 bits per heavy atom. The zero-order valence-corrected chi connectivity index (χ0v) is 13.6. The van der Waals surface area contributed by atoms with Crippen molar-refractivity contribution in [1.29, 1.82) is 0 Å². The van der Waals surface area contributed by atoms with Crippen LogP contribution in [0.2, 0.25) is 0 Å². The molecule has 0 bridgehead atoms. The zero-order chi connectivity index (χ0) is 15.7. The summed E-state index contributed by atoms with van der Waals surface area (Å²) < 4.78 is 0. The molecule has 0 heterocycles. The third kappa shape index (κ3) is 1.73. The Kier molecular flexibility index (Phi) is 3.18. The van der Waals surface area contributed by atoms with Crippen LogP contribution in [0, 0.1) is 22.7 Å². The first-order chi connectivity index (χ1) is 10.4. The van der Waals surface area contributed by atoms with Gasteiger partial charge in [0.1, 0.15) is 0 Å². The van der Waals surface area contributed by atoms with Gasteiger partial charge in [-0.3, -0.25) is 0 Å². The van der Waals surface area contributed by atoms with Gasteiger partial charge in [-0.15, -0.1) is 0 Å². The minimum atomic E-state index is -0.466. The highest BCUT2D eigenvalue weighted by Gasteiger charge is 2.58. The second-order valence-electron chi connectivity index (χ2n) is 8.49. The van der Waals surface area contributed by atoms with E-state index in [-0.39, 0.29) is 16.9 Å². The van der Waals surface area contributed by atoms with Gasteiger partial charge in [0, 0.05) is 17.3 Å². The van der Waals surface area contributed by atoms with Crippen LogP contribution in [-0.4, -0.2) is 33.6 Å². The third-order valence-corrected chi connectivity index (χ3v) is 7.60. The number of aliphatic hydroxyl groups excluding tert-OH is 3. The van der Waals surface area contributed by atoms with Crippen molar-refractivity contribution < 1.29 is 15.3 Å². The monoisotopic (exact) mass is 304 g/mol. The average Bonchev–Trinajstić information content (AvgIpc) is 2.77. The van der Waals surface area contributed by atoms with Crippen LogP contribution >= 0.6 is 0 Å². The van der Waals surface area contributed by atoms with E-state index in [4.69, 9.17) is 0 Å². The summed E-state index contributed by atoms with van der Waals surface area (Å²) in [5.74, 6) is 0.827. The maximum Gasteiger partial charge on any atom is 0.0661 e. The fourth-order valence-corrected chi connectivity index (χ4v) is 6.02. The molecule has 0 aromatic rings. The van der Waals surface area contributed by atoms with Crippen molar-refractivity contribution >= 4 is 0 Å². The quantitative estimate of drug-likeness (QED) is 0.644. The van der Waals surface area contributed by atoms with Gasteiger partial charge in [-0.25, -0.2) is 0 Å². The van der Waals surface area contributed by atoms with E-state index in [1.54, 1.807) is 0 Å². The maximum absolute atomic E-state index is 10.8. The van der Waals surface area contributed by atoms with Crippen LogP contribution in [0.3, 0.4) is 0 Å². The topological polar surface area (TPSA) is 60.7 Å². The van der Waals surface area contributed by atoms with E-state index < -0.39 is 12.2 Å². The average molecular weight is 304 g/mol. The lowest BCUT2D eigenvalue weighted by Crippen LogP contribution is -2.52. The highest BCUT2D eigenvalue weighted by atomic mass is 16.3. The van der Waals surface area contributed by atoms with Gasteiger partial charge in [-0.05, 0) is 43.9 Å². The summed E-state index contributed by atoms with van der Waals surface area (Å²) in [7, 11) is 0. The number of hydrogen-bond acceptors (Lipinski definition) is 3. The molecule has 3 heteroatoms. The van der Waals surface area contributed by atoms with Crippen molar-refractivity contribution in [3.8, 4) is 0 Å². The second-order valence-corrected chi connectivity index (χ2v) is 8.49. The van der Waals surface area contributed by atoms with E-state index in [9.17, 15) is 15.3 Å². The highest BCUT2D eigenvalue weighted by Crippen LogP contribution is 2.63. The van der Waals surface area contributed by atoms with Crippen molar-refractivity contribution in [1.82, 2.24) is 0 Å². The summed E-state index contributed by atoms with van der Waals surface area (Å²) in [5, 5.41) is 31.2. The van der Waals surface area contributed by atoms with Crippen LogP contribution in [-0.2, 0) is 0 Å². The Morgan fingerprint density at radius 1 is 0.955 bits per heavy atom. The van der Waals surface area contributed by atoms with Crippen molar-refractivity contribution in [3.05, 3.63) is 23.3 Å². The van der Waals surface area contributed by atoms with E-state index in [1.165, 1.54) is 11.1 Å². The number of allylic oxidation sites excluding steroid dienone is 3. The lowest BCUT2D eigenvalue weighted by molar-refractivity contribution is -0.0585. The zero-order valence-electron chi connectivity index (χ0n) is 13.6. The first-order valence-corrected chi connectivity index (χ1v) is 8.82. The number of aliphatic hydroxyl groups is 3. The van der Waals surface area contributed by atoms with Gasteiger partial charge in [-0.2, -0.15) is 0 Å². The first kappa shape index (κ1) is 14.9. The molecular weight excluding hydrogens is 276 g/mol. The van der Waals surface area contributed by atoms with Gasteiger partial charge < -0.3 is 15.3 Å². The minimum Gasteiger partial charge on any atom is -0.393 e. The predicted octanol–water partition coefficient (Wildman–Crippen LogP) is 2.56. The molecule has 0 aliphatic heterocycles. The lowest BCUT2D eigenvalue weighted by atomic mass is 9.50. The molecule has 0 aromatic carbocycles. The summed E-state index contributed by atoms with van der Waals surface area (Å²) in [6, 6.07) is 0. The van der Waals surface area contributed by atoms with E-state index in [0.717, 1.165) is 25.7 Å². The third-order valence-electron chi connectivity index (χ3n) is 7.60. The van der Waals surface area contributed by atoms with Crippen molar-refractivity contribution in [2.24, 2.45) is 22.7 Å². The fraction of sp³-hybridized carbons (Fsp3) is 0.789. The van der Waals surface area contributed by atoms with Gasteiger partial charge in [0.25, 0.3) is 0 Å². The Bertz CT molecular complexity index is 551. The Hall–Kier alpha value is -0.640. The molecule has 122 valence electrons. The summed E-state index contributed by atoms with van der Waals surface area (Å²) in [5.41, 5.74) is 2.46. The molecule has 0 saturated heterocycles. The molecule has 0 spiro atoms. The van der Waals surface area contributed by atoms with E-state index in [1.807, 2.05) is 0 Å². The van der Waals surface area contributed by atoms with Crippen LogP contribution < -0.4 is 0 Å². The molecule has 0 amide bonds. The van der Waals surface area contributed by atoms with E-state index in [0.29, 0.717) is 24.7 Å². The predicted molar refractivity (Wildman–Crippen MR) is 85.1 cm³/mol. The Balaban J connectivity index is 1.76. The summed E-state index contributed by atoms with van der Waals surface area (Å²) in [4.78, 5) is 0. The van der Waals surface area contributed by atoms with Crippen molar-refractivity contribution in [2.45, 2.75) is 70.7 Å². The molecule has 4 rings (SSSR count). The summed E-state index contributed by atoms with van der Waals surface area (Å²) in [6.07, 6.45) is 8.59. The van der Waals surface area contributed by atoms with Crippen LogP contribution in [0.25, 0.3) is 0 Å².